The van der Waals surface area contributed by atoms with E-state index in [-0.39, 0.29) is 34.4 Å². The van der Waals surface area contributed by atoms with Crippen molar-refractivity contribution in [2.75, 3.05) is 36.4 Å². The number of aryl methyl sites for hydroxylation is 1. The zero-order valence-corrected chi connectivity index (χ0v) is 19.5. The molecule has 1 fully saturated rings. The number of benzene rings is 3. The van der Waals surface area contributed by atoms with E-state index in [1.807, 2.05) is 30.0 Å². The number of nitrogens with one attached hydrogen (secondary N) is 1. The van der Waals surface area contributed by atoms with Gasteiger partial charge in [0.15, 0.2) is 0 Å². The van der Waals surface area contributed by atoms with Crippen LogP contribution in [0.5, 0.6) is 0 Å². The highest BCUT2D eigenvalue weighted by Gasteiger charge is 2.31. The van der Waals surface area contributed by atoms with Gasteiger partial charge in [-0.25, -0.2) is 12.8 Å². The molecule has 1 aliphatic heterocycles. The van der Waals surface area contributed by atoms with E-state index in [1.165, 1.54) is 34.6 Å². The highest BCUT2D eigenvalue weighted by Crippen LogP contribution is 2.28. The van der Waals surface area contributed by atoms with Gasteiger partial charge in [0.25, 0.3) is 5.91 Å². The van der Waals surface area contributed by atoms with Gasteiger partial charge in [0, 0.05) is 43.1 Å². The Labute approximate surface area is 197 Å². The fraction of sp³-hybridized carbons (Fsp3) is 0.208. The zero-order valence-electron chi connectivity index (χ0n) is 18.0. The molecule has 9 heteroatoms. The lowest BCUT2D eigenvalue weighted by atomic mass is 10.2. The normalized spacial score (nSPS) is 14.8. The molecule has 0 aromatic heterocycles. The fourth-order valence-corrected chi connectivity index (χ4v) is 5.67. The van der Waals surface area contributed by atoms with Crippen LogP contribution < -0.4 is 10.2 Å². The van der Waals surface area contributed by atoms with E-state index in [9.17, 15) is 17.6 Å². The lowest BCUT2D eigenvalue weighted by molar-refractivity contribution is 0.102. The van der Waals surface area contributed by atoms with Crippen molar-refractivity contribution in [3.05, 3.63) is 88.7 Å². The molecule has 0 unspecified atom stereocenters. The van der Waals surface area contributed by atoms with Crippen molar-refractivity contribution in [3.8, 4) is 0 Å². The quantitative estimate of drug-likeness (QED) is 0.573. The maximum Gasteiger partial charge on any atom is 0.255 e. The summed E-state index contributed by atoms with van der Waals surface area (Å²) >= 11 is 6.24. The second-order valence-electron chi connectivity index (χ2n) is 7.84. The summed E-state index contributed by atoms with van der Waals surface area (Å²) in [7, 11) is -3.91. The Bertz CT molecular complexity index is 1270. The van der Waals surface area contributed by atoms with Gasteiger partial charge in [0.1, 0.15) is 10.7 Å². The van der Waals surface area contributed by atoms with Gasteiger partial charge in [-0.1, -0.05) is 23.7 Å². The summed E-state index contributed by atoms with van der Waals surface area (Å²) in [6.07, 6.45) is 0. The molecular weight excluding hydrogens is 465 g/mol. The number of carbonyl (C=O) groups excluding carboxylic acids is 1. The van der Waals surface area contributed by atoms with Crippen LogP contribution in [0.3, 0.4) is 0 Å². The van der Waals surface area contributed by atoms with Crippen LogP contribution in [0.15, 0.2) is 71.6 Å². The van der Waals surface area contributed by atoms with Gasteiger partial charge in [0.05, 0.1) is 5.02 Å². The predicted octanol–water partition coefficient (Wildman–Crippen LogP) is 4.55. The summed E-state index contributed by atoms with van der Waals surface area (Å²) in [5.41, 5.74) is 2.65. The highest BCUT2D eigenvalue weighted by molar-refractivity contribution is 7.89. The van der Waals surface area contributed by atoms with Gasteiger partial charge >= 0.3 is 0 Å². The summed E-state index contributed by atoms with van der Waals surface area (Å²) in [4.78, 5) is 14.6. The Morgan fingerprint density at radius 1 is 0.970 bits per heavy atom. The molecule has 172 valence electrons. The molecule has 0 spiro atoms. The lowest BCUT2D eigenvalue weighted by Gasteiger charge is -2.35. The van der Waals surface area contributed by atoms with Crippen molar-refractivity contribution in [2.24, 2.45) is 0 Å². The first-order valence-corrected chi connectivity index (χ1v) is 12.2. The van der Waals surface area contributed by atoms with Crippen LogP contribution in [-0.2, 0) is 10.0 Å². The number of carbonyl (C=O) groups is 1. The number of nitrogens with zero attached hydrogens (tertiary/aromatic N) is 2. The number of amides is 1. The molecule has 1 aliphatic rings. The molecule has 1 amide bonds. The number of rotatable bonds is 5. The lowest BCUT2D eigenvalue weighted by Crippen LogP contribution is -2.48. The third-order valence-electron chi connectivity index (χ3n) is 5.52. The van der Waals surface area contributed by atoms with E-state index < -0.39 is 15.9 Å². The zero-order chi connectivity index (χ0) is 23.6. The number of piperazine rings is 1. The first-order valence-electron chi connectivity index (χ1n) is 10.4. The molecule has 0 atom stereocenters. The van der Waals surface area contributed by atoms with Crippen LogP contribution in [0.25, 0.3) is 0 Å². The number of hydrogen-bond acceptors (Lipinski definition) is 4. The van der Waals surface area contributed by atoms with Crippen molar-refractivity contribution < 1.29 is 17.6 Å². The van der Waals surface area contributed by atoms with Crippen molar-refractivity contribution in [2.45, 2.75) is 11.8 Å². The molecule has 0 radical (unpaired) electrons. The van der Waals surface area contributed by atoms with Crippen LogP contribution in [0.2, 0.25) is 5.02 Å². The minimum atomic E-state index is -3.91. The average molecular weight is 488 g/mol. The van der Waals surface area contributed by atoms with E-state index in [0.29, 0.717) is 18.8 Å². The van der Waals surface area contributed by atoms with E-state index in [2.05, 4.69) is 5.32 Å². The number of anilines is 2. The maximum absolute atomic E-state index is 13.3. The third-order valence-corrected chi connectivity index (χ3v) is 7.90. The van der Waals surface area contributed by atoms with Gasteiger partial charge in [-0.3, -0.25) is 4.79 Å². The molecule has 33 heavy (non-hydrogen) atoms. The molecule has 0 aliphatic carbocycles. The molecule has 1 heterocycles. The molecule has 1 saturated heterocycles. The summed E-state index contributed by atoms with van der Waals surface area (Å²) in [6.45, 7) is 3.32. The topological polar surface area (TPSA) is 69.7 Å². The average Bonchev–Trinajstić information content (AvgIpc) is 2.80. The van der Waals surface area contributed by atoms with Gasteiger partial charge < -0.3 is 10.2 Å². The number of halogens is 2. The van der Waals surface area contributed by atoms with Crippen LogP contribution in [0.4, 0.5) is 15.8 Å². The van der Waals surface area contributed by atoms with E-state index in [1.54, 1.807) is 18.2 Å². The van der Waals surface area contributed by atoms with Crippen LogP contribution >= 0.6 is 11.6 Å². The SMILES string of the molecule is Cc1cccc(NC(=O)c2ccc(Cl)c(S(=O)(=O)N3CCN(c4ccc(F)cc4)CC3)c2)c1. The van der Waals surface area contributed by atoms with Crippen molar-refractivity contribution in [1.82, 2.24) is 4.31 Å². The Morgan fingerprint density at radius 2 is 1.67 bits per heavy atom. The van der Waals surface area contributed by atoms with E-state index in [0.717, 1.165) is 11.3 Å². The Hall–Kier alpha value is -2.94. The second-order valence-corrected chi connectivity index (χ2v) is 10.1. The monoisotopic (exact) mass is 487 g/mol. The fourth-order valence-electron chi connectivity index (χ4n) is 3.75. The number of hydrogen-bond donors (Lipinski definition) is 1. The van der Waals surface area contributed by atoms with Crippen molar-refractivity contribution >= 4 is 38.9 Å². The molecule has 3 aromatic rings. The van der Waals surface area contributed by atoms with Gasteiger partial charge in [-0.2, -0.15) is 4.31 Å². The third kappa shape index (κ3) is 5.19. The number of sulfonamides is 1. The van der Waals surface area contributed by atoms with Gasteiger partial charge in [0.2, 0.25) is 10.0 Å². The smallest absolute Gasteiger partial charge is 0.255 e. The van der Waals surface area contributed by atoms with Crippen LogP contribution in [0.1, 0.15) is 15.9 Å². The van der Waals surface area contributed by atoms with Gasteiger partial charge in [-0.15, -0.1) is 0 Å². The van der Waals surface area contributed by atoms with Crippen LogP contribution in [-0.4, -0.2) is 44.8 Å². The van der Waals surface area contributed by atoms with E-state index >= 15 is 0 Å². The summed E-state index contributed by atoms with van der Waals surface area (Å²) in [5.74, 6) is -0.740. The molecule has 0 bridgehead atoms. The summed E-state index contributed by atoms with van der Waals surface area (Å²) in [5, 5.41) is 2.84. The standard InChI is InChI=1S/C24H23ClFN3O3S/c1-17-3-2-4-20(15-17)27-24(30)18-5-10-22(25)23(16-18)33(31,32)29-13-11-28(12-14-29)21-8-6-19(26)7-9-21/h2-10,15-16H,11-14H2,1H3,(H,27,30). The molecule has 0 saturated carbocycles. The van der Waals surface area contributed by atoms with Crippen molar-refractivity contribution in [3.63, 3.8) is 0 Å². The molecule has 1 N–H and O–H groups in total. The molecule has 6 nitrogen and oxygen atoms in total. The highest BCUT2D eigenvalue weighted by atomic mass is 35.5. The summed E-state index contributed by atoms with van der Waals surface area (Å²) in [6, 6.07) is 17.7. The Morgan fingerprint density at radius 3 is 2.33 bits per heavy atom. The van der Waals surface area contributed by atoms with Crippen LogP contribution in [0, 0.1) is 12.7 Å². The molecule has 4 rings (SSSR count). The largest absolute Gasteiger partial charge is 0.369 e. The molecular formula is C24H23ClFN3O3S. The minimum absolute atomic E-state index is 0.0584. The van der Waals surface area contributed by atoms with E-state index in [4.69, 9.17) is 11.6 Å². The minimum Gasteiger partial charge on any atom is -0.369 e. The summed E-state index contributed by atoms with van der Waals surface area (Å²) < 4.78 is 41.2. The maximum atomic E-state index is 13.3. The Balaban J connectivity index is 1.50. The van der Waals surface area contributed by atoms with Crippen molar-refractivity contribution in [1.29, 1.82) is 0 Å². The second kappa shape index (κ2) is 9.51. The predicted molar refractivity (Wildman–Crippen MR) is 128 cm³/mol. The van der Waals surface area contributed by atoms with Gasteiger partial charge in [-0.05, 0) is 67.1 Å². The first-order chi connectivity index (χ1) is 15.7. The first kappa shape index (κ1) is 23.2. The molecule has 3 aromatic carbocycles. The Kier molecular flexibility index (Phi) is 6.69.